The largest absolute Gasteiger partial charge is 0.506 e. The molecule has 178 valence electrons. The van der Waals surface area contributed by atoms with Crippen LogP contribution >= 0.6 is 90.4 Å². The minimum atomic E-state index is -0.143. The molecule has 4 rings (SSSR count). The zero-order valence-corrected chi connectivity index (χ0v) is 26.9. The third kappa shape index (κ3) is 7.06. The Labute approximate surface area is 258 Å². The second-order valence-electron chi connectivity index (χ2n) is 7.92. The van der Waals surface area contributed by atoms with Crippen LogP contribution in [0, 0.1) is 14.3 Å². The summed E-state index contributed by atoms with van der Waals surface area (Å²) in [5.41, 5.74) is 2.59. The van der Waals surface area contributed by atoms with E-state index in [1.54, 1.807) is 12.4 Å². The van der Waals surface area contributed by atoms with Crippen molar-refractivity contribution in [2.45, 2.75) is 12.5 Å². The van der Waals surface area contributed by atoms with Crippen LogP contribution < -0.4 is 0 Å². The quantitative estimate of drug-likeness (QED) is 0.147. The molecule has 4 aromatic rings. The molecule has 4 aromatic carbocycles. The fourth-order valence-electron chi connectivity index (χ4n) is 3.72. The van der Waals surface area contributed by atoms with Crippen molar-refractivity contribution in [1.82, 2.24) is 0 Å². The number of aromatic hydroxyl groups is 2. The molecule has 0 bridgehead atoms. The lowest BCUT2D eigenvalue weighted by Crippen LogP contribution is -2.14. The average Bonchev–Trinajstić information content (AvgIpc) is 2.83. The Morgan fingerprint density at radius 1 is 0.743 bits per heavy atom. The Morgan fingerprint density at radius 3 is 2.03 bits per heavy atom. The van der Waals surface area contributed by atoms with Crippen LogP contribution in [-0.4, -0.2) is 35.2 Å². The molecule has 0 aliphatic rings. The fourth-order valence-corrected chi connectivity index (χ4v) is 7.50. The van der Waals surface area contributed by atoms with Crippen LogP contribution in [0.1, 0.15) is 16.7 Å². The van der Waals surface area contributed by atoms with Crippen molar-refractivity contribution in [3.05, 3.63) is 97.7 Å². The molecule has 1 atom stereocenters. The van der Waals surface area contributed by atoms with Crippen molar-refractivity contribution in [1.29, 1.82) is 0 Å². The molecule has 4 nitrogen and oxygen atoms in total. The number of halogens is 4. The van der Waals surface area contributed by atoms with E-state index in [1.165, 1.54) is 16.3 Å². The Hall–Kier alpha value is -1.000. The van der Waals surface area contributed by atoms with Gasteiger partial charge in [-0.3, -0.25) is 9.98 Å². The molecule has 0 saturated heterocycles. The molecule has 2 N–H and O–H groups in total. The average molecular weight is 912 g/mol. The molecule has 0 heterocycles. The van der Waals surface area contributed by atoms with E-state index in [0.717, 1.165) is 14.3 Å². The summed E-state index contributed by atoms with van der Waals surface area (Å²) < 4.78 is 3.67. The van der Waals surface area contributed by atoms with Gasteiger partial charge >= 0.3 is 0 Å². The number of hydrogen-bond donors (Lipinski definition) is 2. The van der Waals surface area contributed by atoms with Crippen LogP contribution in [0.25, 0.3) is 10.8 Å². The van der Waals surface area contributed by atoms with Crippen molar-refractivity contribution in [3.63, 3.8) is 0 Å². The van der Waals surface area contributed by atoms with Gasteiger partial charge < -0.3 is 10.2 Å². The predicted molar refractivity (Wildman–Crippen MR) is 179 cm³/mol. The predicted octanol–water partition coefficient (Wildman–Crippen LogP) is 7.82. The standard InChI is InChI=1S/C27H20I4N2O2/c28-20-8-18(26(34)24(30)11-20)13-32-15-22(33-14-19-9-21(29)12-25(31)27(19)35)10-17-6-3-5-16-4-1-2-7-23(16)17/h1-9,11-14,22,34-35H,10,15H2/t22-/m0/s1. The molecule has 0 aliphatic heterocycles. The summed E-state index contributed by atoms with van der Waals surface area (Å²) in [5, 5.41) is 23.3. The van der Waals surface area contributed by atoms with E-state index in [4.69, 9.17) is 4.99 Å². The molecular weight excluding hydrogens is 892 g/mol. The molecular formula is C27H20I4N2O2. The van der Waals surface area contributed by atoms with E-state index >= 15 is 0 Å². The van der Waals surface area contributed by atoms with Crippen molar-refractivity contribution < 1.29 is 10.2 Å². The van der Waals surface area contributed by atoms with Gasteiger partial charge in [-0.25, -0.2) is 0 Å². The monoisotopic (exact) mass is 912 g/mol. The van der Waals surface area contributed by atoms with Crippen LogP contribution in [0.2, 0.25) is 0 Å². The number of aliphatic imine (C=N–C) groups is 2. The van der Waals surface area contributed by atoms with Crippen LogP contribution in [0.4, 0.5) is 0 Å². The summed E-state index contributed by atoms with van der Waals surface area (Å²) >= 11 is 8.74. The molecule has 35 heavy (non-hydrogen) atoms. The third-order valence-electron chi connectivity index (χ3n) is 5.42. The van der Waals surface area contributed by atoms with Gasteiger partial charge in [0.2, 0.25) is 0 Å². The number of nitrogens with zero attached hydrogens (tertiary/aromatic N) is 2. The van der Waals surface area contributed by atoms with E-state index < -0.39 is 0 Å². The van der Waals surface area contributed by atoms with Gasteiger partial charge in [0.1, 0.15) is 11.5 Å². The maximum absolute atomic E-state index is 10.5. The number of benzene rings is 4. The summed E-state index contributed by atoms with van der Waals surface area (Å²) in [6.07, 6.45) is 4.17. The second kappa shape index (κ2) is 12.5. The molecule has 0 unspecified atom stereocenters. The summed E-state index contributed by atoms with van der Waals surface area (Å²) in [4.78, 5) is 9.52. The first-order valence-corrected chi connectivity index (χ1v) is 15.0. The minimum absolute atomic E-state index is 0.143. The molecule has 0 radical (unpaired) electrons. The number of phenols is 2. The first kappa shape index (κ1) is 27.0. The number of fused-ring (bicyclic) bond motifs is 1. The van der Waals surface area contributed by atoms with Gasteiger partial charge in [-0.15, -0.1) is 0 Å². The van der Waals surface area contributed by atoms with E-state index in [-0.39, 0.29) is 17.5 Å². The van der Waals surface area contributed by atoms with Crippen molar-refractivity contribution in [3.8, 4) is 11.5 Å². The van der Waals surface area contributed by atoms with Gasteiger partial charge in [-0.1, -0.05) is 42.5 Å². The second-order valence-corrected chi connectivity index (χ2v) is 12.7. The van der Waals surface area contributed by atoms with Crippen molar-refractivity contribution in [2.24, 2.45) is 9.98 Å². The summed E-state index contributed by atoms with van der Waals surface area (Å²) in [6.45, 7) is 0.447. The van der Waals surface area contributed by atoms with Gasteiger partial charge in [0, 0.05) is 30.7 Å². The maximum Gasteiger partial charge on any atom is 0.137 e. The molecule has 8 heteroatoms. The topological polar surface area (TPSA) is 65.2 Å². The Balaban J connectivity index is 1.65. The molecule has 0 amide bonds. The summed E-state index contributed by atoms with van der Waals surface area (Å²) in [6, 6.07) is 22.2. The smallest absolute Gasteiger partial charge is 0.137 e. The van der Waals surface area contributed by atoms with Crippen molar-refractivity contribution in [2.75, 3.05) is 6.54 Å². The van der Waals surface area contributed by atoms with Crippen LogP contribution in [0.5, 0.6) is 11.5 Å². The first-order valence-electron chi connectivity index (χ1n) is 10.7. The Kier molecular flexibility index (Phi) is 9.66. The van der Waals surface area contributed by atoms with Gasteiger partial charge in [0.15, 0.2) is 0 Å². The molecule has 0 spiro atoms. The lowest BCUT2D eigenvalue weighted by Gasteiger charge is -2.13. The molecule has 0 aromatic heterocycles. The highest BCUT2D eigenvalue weighted by atomic mass is 127. The number of phenolic OH excluding ortho intramolecular Hbond substituents is 2. The summed E-state index contributed by atoms with van der Waals surface area (Å²) in [7, 11) is 0. The Bertz CT molecular complexity index is 1430. The lowest BCUT2D eigenvalue weighted by atomic mass is 9.99. The molecule has 0 fully saturated rings. The molecule has 0 aliphatic carbocycles. The zero-order chi connectivity index (χ0) is 24.9. The van der Waals surface area contributed by atoms with E-state index in [1.807, 2.05) is 30.3 Å². The van der Waals surface area contributed by atoms with Crippen LogP contribution in [-0.2, 0) is 6.42 Å². The SMILES string of the molecule is Oc1c(I)cc(I)cc1C=NC[C@H](Cc1cccc2ccccc12)N=Cc1cc(I)cc(I)c1O. The van der Waals surface area contributed by atoms with Crippen molar-refractivity contribution >= 4 is 114 Å². The molecule has 0 saturated carbocycles. The van der Waals surface area contributed by atoms with Crippen LogP contribution in [0.3, 0.4) is 0 Å². The van der Waals surface area contributed by atoms with E-state index in [9.17, 15) is 10.2 Å². The normalized spacial score (nSPS) is 12.7. The lowest BCUT2D eigenvalue weighted by molar-refractivity contribution is 0.470. The van der Waals surface area contributed by atoms with Gasteiger partial charge in [-0.2, -0.15) is 0 Å². The highest BCUT2D eigenvalue weighted by Crippen LogP contribution is 2.27. The van der Waals surface area contributed by atoms with E-state index in [0.29, 0.717) is 24.1 Å². The third-order valence-corrected chi connectivity index (χ3v) is 8.31. The number of hydrogen-bond acceptors (Lipinski definition) is 4. The van der Waals surface area contributed by atoms with Crippen LogP contribution in [0.15, 0.2) is 76.7 Å². The zero-order valence-electron chi connectivity index (χ0n) is 18.3. The van der Waals surface area contributed by atoms with Gasteiger partial charge in [0.05, 0.1) is 19.7 Å². The van der Waals surface area contributed by atoms with Gasteiger partial charge in [-0.05, 0) is 137 Å². The Morgan fingerprint density at radius 2 is 1.34 bits per heavy atom. The highest BCUT2D eigenvalue weighted by Gasteiger charge is 2.12. The minimum Gasteiger partial charge on any atom is -0.506 e. The highest BCUT2D eigenvalue weighted by molar-refractivity contribution is 14.1. The van der Waals surface area contributed by atoms with Gasteiger partial charge in [0.25, 0.3) is 0 Å². The summed E-state index contributed by atoms with van der Waals surface area (Å²) in [5.74, 6) is 0.475. The van der Waals surface area contributed by atoms with E-state index in [2.05, 4.69) is 132 Å². The fraction of sp³-hybridized carbons (Fsp3) is 0.111. The first-order chi connectivity index (χ1) is 16.8. The maximum atomic E-state index is 10.5. The number of rotatable bonds is 7.